The molecule has 5 heteroatoms. The Kier molecular flexibility index (Phi) is 4.27. The van der Waals surface area contributed by atoms with Crippen LogP contribution in [0.25, 0.3) is 0 Å². The largest absolute Gasteiger partial charge is 0.296 e. The van der Waals surface area contributed by atoms with Crippen LogP contribution in [0.2, 0.25) is 0 Å². The summed E-state index contributed by atoms with van der Waals surface area (Å²) in [7, 11) is -3.93. The number of thiol groups is 1. The molecule has 1 aromatic carbocycles. The lowest BCUT2D eigenvalue weighted by Gasteiger charge is -2.10. The first-order valence-corrected chi connectivity index (χ1v) is 8.72. The molecule has 0 fully saturated rings. The first-order chi connectivity index (χ1) is 8.58. The number of benzene rings is 1. The summed E-state index contributed by atoms with van der Waals surface area (Å²) in [6.45, 7) is 2.15. The topological polar surface area (TPSA) is 43.4 Å². The van der Waals surface area contributed by atoms with Crippen LogP contribution in [0.15, 0.2) is 52.1 Å². The highest BCUT2D eigenvalue weighted by Gasteiger charge is 2.14. The Morgan fingerprint density at radius 3 is 2.33 bits per heavy atom. The van der Waals surface area contributed by atoms with Crippen molar-refractivity contribution in [3.05, 3.63) is 52.8 Å². The maximum atomic E-state index is 11.9. The fourth-order valence-corrected chi connectivity index (χ4v) is 3.92. The van der Waals surface area contributed by atoms with Gasteiger partial charge in [0.05, 0.1) is 11.5 Å². The average molecular weight is 284 g/mol. The molecule has 0 N–H and O–H groups in total. The maximum absolute atomic E-state index is 11.9. The Hall–Kier alpha value is -1.04. The first-order valence-electron chi connectivity index (χ1n) is 5.65. The molecule has 2 rings (SSSR count). The van der Waals surface area contributed by atoms with E-state index in [1.165, 1.54) is 0 Å². The summed E-state index contributed by atoms with van der Waals surface area (Å²) < 4.78 is 28.8. The quantitative estimate of drug-likeness (QED) is 0.668. The zero-order chi connectivity index (χ0) is 13.0. The third kappa shape index (κ3) is 3.48. The Bertz CT molecular complexity index is 544. The molecule has 0 atom stereocenters. The van der Waals surface area contributed by atoms with Crippen LogP contribution in [0, 0.1) is 6.92 Å². The molecule has 0 amide bonds. The van der Waals surface area contributed by atoms with Crippen LogP contribution < -0.4 is 0 Å². The molecule has 0 radical (unpaired) electrons. The van der Waals surface area contributed by atoms with Crippen LogP contribution in [0.5, 0.6) is 0 Å². The number of aryl methyl sites for hydroxylation is 1. The van der Waals surface area contributed by atoms with Gasteiger partial charge in [-0.25, -0.2) is 10.9 Å². The van der Waals surface area contributed by atoms with Crippen molar-refractivity contribution in [1.82, 2.24) is 0 Å². The molecule has 3 nitrogen and oxygen atoms in total. The fraction of sp³-hybridized carbons (Fsp3) is 0.231. The molecule has 0 unspecified atom stereocenters. The molecule has 0 spiro atoms. The van der Waals surface area contributed by atoms with Crippen molar-refractivity contribution in [2.45, 2.75) is 11.8 Å². The molecule has 18 heavy (non-hydrogen) atoms. The Balaban J connectivity index is 1.93. The van der Waals surface area contributed by atoms with Crippen LogP contribution in [0.4, 0.5) is 0 Å². The minimum Gasteiger partial charge on any atom is -0.266 e. The van der Waals surface area contributed by atoms with Gasteiger partial charge in [-0.2, -0.15) is 8.42 Å². The van der Waals surface area contributed by atoms with E-state index in [0.29, 0.717) is 0 Å². The normalized spacial score (nSPS) is 16.4. The van der Waals surface area contributed by atoms with E-state index >= 15 is 0 Å². The maximum Gasteiger partial charge on any atom is 0.296 e. The van der Waals surface area contributed by atoms with Gasteiger partial charge in [0.1, 0.15) is 0 Å². The zero-order valence-electron chi connectivity index (χ0n) is 10.1. The van der Waals surface area contributed by atoms with Gasteiger partial charge in [0.2, 0.25) is 0 Å². The molecule has 0 bridgehead atoms. The Labute approximate surface area is 111 Å². The molecule has 1 aliphatic rings. The van der Waals surface area contributed by atoms with E-state index < -0.39 is 10.1 Å². The van der Waals surface area contributed by atoms with Crippen molar-refractivity contribution < 1.29 is 12.6 Å². The van der Waals surface area contributed by atoms with Gasteiger partial charge in [-0.1, -0.05) is 29.8 Å². The van der Waals surface area contributed by atoms with Gasteiger partial charge >= 0.3 is 0 Å². The van der Waals surface area contributed by atoms with Crippen LogP contribution in [0.1, 0.15) is 5.56 Å². The zero-order valence-corrected chi connectivity index (χ0v) is 11.8. The Morgan fingerprint density at radius 2 is 1.72 bits per heavy atom. The summed E-state index contributed by atoms with van der Waals surface area (Å²) in [5.74, 6) is 0.743. The van der Waals surface area contributed by atoms with Gasteiger partial charge < -0.3 is 0 Å². The van der Waals surface area contributed by atoms with Gasteiger partial charge in [-0.05, 0) is 29.9 Å². The smallest absolute Gasteiger partial charge is 0.266 e. The van der Waals surface area contributed by atoms with Gasteiger partial charge in [-0.15, -0.1) is 0 Å². The van der Waals surface area contributed by atoms with Crippen molar-refractivity contribution in [1.29, 1.82) is 0 Å². The van der Waals surface area contributed by atoms with Crippen LogP contribution in [-0.2, 0) is 14.3 Å². The third-order valence-corrected chi connectivity index (χ3v) is 5.70. The van der Waals surface area contributed by atoms with E-state index in [1.54, 1.807) is 24.3 Å². The summed E-state index contributed by atoms with van der Waals surface area (Å²) in [6.07, 6.45) is 3.97. The molecule has 1 heterocycles. The van der Waals surface area contributed by atoms with Gasteiger partial charge in [-0.3, -0.25) is 4.18 Å². The van der Waals surface area contributed by atoms with Crippen molar-refractivity contribution in [2.75, 3.05) is 12.4 Å². The minimum atomic E-state index is -3.61. The summed E-state index contributed by atoms with van der Waals surface area (Å²) >= 11 is 0. The minimum absolute atomic E-state index is 0.221. The summed E-state index contributed by atoms with van der Waals surface area (Å²) in [4.78, 5) is 0.221. The summed E-state index contributed by atoms with van der Waals surface area (Å²) in [5.41, 5.74) is 1.03. The lowest BCUT2D eigenvalue weighted by atomic mass is 10.2. The predicted octanol–water partition coefficient (Wildman–Crippen LogP) is 2.74. The second-order valence-corrected chi connectivity index (χ2v) is 7.70. The monoisotopic (exact) mass is 284 g/mol. The van der Waals surface area contributed by atoms with E-state index in [0.717, 1.165) is 11.3 Å². The highest BCUT2D eigenvalue weighted by molar-refractivity contribution is 8.22. The highest BCUT2D eigenvalue weighted by atomic mass is 32.2. The van der Waals surface area contributed by atoms with Crippen molar-refractivity contribution in [2.24, 2.45) is 0 Å². The van der Waals surface area contributed by atoms with E-state index in [9.17, 15) is 8.42 Å². The number of hydrogen-bond acceptors (Lipinski definition) is 3. The second-order valence-electron chi connectivity index (χ2n) is 4.01. The molecule has 98 valence electrons. The van der Waals surface area contributed by atoms with E-state index in [1.807, 2.05) is 19.1 Å². The van der Waals surface area contributed by atoms with Gasteiger partial charge in [0, 0.05) is 5.75 Å². The molecule has 0 aliphatic carbocycles. The molecule has 0 saturated heterocycles. The summed E-state index contributed by atoms with van der Waals surface area (Å²) in [5, 5.41) is 4.19. The van der Waals surface area contributed by atoms with Crippen molar-refractivity contribution in [3.63, 3.8) is 0 Å². The van der Waals surface area contributed by atoms with Crippen molar-refractivity contribution >= 4 is 21.0 Å². The molecular formula is C13H16O3S2. The summed E-state index contributed by atoms with van der Waals surface area (Å²) in [6, 6.07) is 6.68. The van der Waals surface area contributed by atoms with E-state index in [4.69, 9.17) is 4.18 Å². The first kappa shape index (κ1) is 13.4. The molecule has 1 aliphatic heterocycles. The molecule has 1 aromatic rings. The van der Waals surface area contributed by atoms with Crippen molar-refractivity contribution in [3.8, 4) is 0 Å². The lowest BCUT2D eigenvalue weighted by molar-refractivity contribution is 0.341. The standard InChI is InChI=1S/C13H16O3S2/c1-12-4-6-13(7-5-12)18(14,15)16-8-11-17-9-2-3-10-17/h2-7,9-10,17H,8,11H2,1H3. The highest BCUT2D eigenvalue weighted by Crippen LogP contribution is 2.32. The SMILES string of the molecule is Cc1ccc(S(=O)(=O)OCC[SH]2C=CC=C2)cc1. The van der Waals surface area contributed by atoms with Crippen LogP contribution in [0.3, 0.4) is 0 Å². The van der Waals surface area contributed by atoms with Gasteiger partial charge in [0.15, 0.2) is 0 Å². The third-order valence-electron chi connectivity index (χ3n) is 2.56. The second kappa shape index (κ2) is 5.73. The van der Waals surface area contributed by atoms with E-state index in [-0.39, 0.29) is 22.4 Å². The number of allylic oxidation sites excluding steroid dienone is 2. The van der Waals surface area contributed by atoms with E-state index in [2.05, 4.69) is 10.8 Å². The number of hydrogen-bond donors (Lipinski definition) is 1. The predicted molar refractivity (Wildman–Crippen MR) is 76.4 cm³/mol. The van der Waals surface area contributed by atoms with Gasteiger partial charge in [0.25, 0.3) is 10.1 Å². The molecule has 0 aromatic heterocycles. The molecule has 0 saturated carbocycles. The number of rotatable bonds is 5. The fourth-order valence-electron chi connectivity index (χ4n) is 1.54. The average Bonchev–Trinajstić information content (AvgIpc) is 2.82. The van der Waals surface area contributed by atoms with Crippen LogP contribution in [-0.4, -0.2) is 20.8 Å². The Morgan fingerprint density at radius 1 is 1.11 bits per heavy atom. The molecular weight excluding hydrogens is 268 g/mol. The van der Waals surface area contributed by atoms with Crippen LogP contribution >= 0.6 is 10.9 Å². The lowest BCUT2D eigenvalue weighted by Crippen LogP contribution is -2.09.